The van der Waals surface area contributed by atoms with Gasteiger partial charge in [0.25, 0.3) is 0 Å². The van der Waals surface area contributed by atoms with Gasteiger partial charge >= 0.3 is 0 Å². The number of aryl methyl sites for hydroxylation is 1. The fraction of sp³-hybridized carbons (Fsp3) is 0.579. The zero-order chi connectivity index (χ0) is 14.7. The molecule has 1 N–H and O–H groups in total. The van der Waals surface area contributed by atoms with Gasteiger partial charge in [0, 0.05) is 23.5 Å². The van der Waals surface area contributed by atoms with Crippen LogP contribution < -0.4 is 5.32 Å². The Labute approximate surface area is 127 Å². The summed E-state index contributed by atoms with van der Waals surface area (Å²) in [5.41, 5.74) is 2.33. The van der Waals surface area contributed by atoms with Gasteiger partial charge in [-0.15, -0.1) is 0 Å². The molecule has 1 aliphatic rings. The molecule has 0 saturated heterocycles. The van der Waals surface area contributed by atoms with Crippen LogP contribution in [0.15, 0.2) is 28.7 Å². The molecule has 0 spiro atoms. The highest BCUT2D eigenvalue weighted by Crippen LogP contribution is 2.27. The standard InChI is InChI=1S/C19H27NO/c1-14(16-9-5-3-4-6-10-16)20-13-18-15(2)21-19-12-8-7-11-17(18)19/h7-8,11-12,14,16,20H,3-6,9-10,13H2,1-2H3/t14-/m1/s1. The van der Waals surface area contributed by atoms with E-state index < -0.39 is 0 Å². The van der Waals surface area contributed by atoms with Crippen molar-refractivity contribution in [3.8, 4) is 0 Å². The van der Waals surface area contributed by atoms with Crippen LogP contribution in [0.4, 0.5) is 0 Å². The highest BCUT2D eigenvalue weighted by Gasteiger charge is 2.19. The highest BCUT2D eigenvalue weighted by molar-refractivity contribution is 5.82. The van der Waals surface area contributed by atoms with Gasteiger partial charge in [-0.3, -0.25) is 0 Å². The smallest absolute Gasteiger partial charge is 0.134 e. The molecule has 0 unspecified atom stereocenters. The molecule has 0 radical (unpaired) electrons. The molecular weight excluding hydrogens is 258 g/mol. The van der Waals surface area contributed by atoms with E-state index in [0.29, 0.717) is 6.04 Å². The van der Waals surface area contributed by atoms with Crippen LogP contribution in [0.1, 0.15) is 56.8 Å². The Morgan fingerprint density at radius 1 is 1.14 bits per heavy atom. The predicted octanol–water partition coefficient (Wildman–Crippen LogP) is 5.19. The highest BCUT2D eigenvalue weighted by atomic mass is 16.3. The minimum atomic E-state index is 0.594. The average Bonchev–Trinajstić information content (AvgIpc) is 2.68. The number of benzene rings is 1. The predicted molar refractivity (Wildman–Crippen MR) is 88.4 cm³/mol. The molecule has 2 heteroatoms. The van der Waals surface area contributed by atoms with Gasteiger partial charge in [-0.25, -0.2) is 0 Å². The van der Waals surface area contributed by atoms with Crippen molar-refractivity contribution in [1.29, 1.82) is 0 Å². The first-order valence-electron chi connectivity index (χ1n) is 8.46. The number of furan rings is 1. The van der Waals surface area contributed by atoms with E-state index in [1.165, 1.54) is 49.5 Å². The molecule has 2 nitrogen and oxygen atoms in total. The van der Waals surface area contributed by atoms with Crippen molar-refractivity contribution in [2.24, 2.45) is 5.92 Å². The van der Waals surface area contributed by atoms with Crippen molar-refractivity contribution in [2.45, 2.75) is 65.0 Å². The molecule has 1 aromatic heterocycles. The maximum atomic E-state index is 5.86. The number of fused-ring (bicyclic) bond motifs is 1. The molecule has 1 aromatic carbocycles. The Morgan fingerprint density at radius 3 is 2.62 bits per heavy atom. The molecule has 0 aliphatic heterocycles. The van der Waals surface area contributed by atoms with E-state index in [4.69, 9.17) is 4.42 Å². The molecule has 3 rings (SSSR count). The zero-order valence-electron chi connectivity index (χ0n) is 13.3. The molecule has 1 atom stereocenters. The Bertz CT molecular complexity index is 578. The summed E-state index contributed by atoms with van der Waals surface area (Å²) in [4.78, 5) is 0. The second kappa shape index (κ2) is 6.65. The van der Waals surface area contributed by atoms with E-state index in [0.717, 1.165) is 23.8 Å². The van der Waals surface area contributed by atoms with Gasteiger partial charge in [-0.2, -0.15) is 0 Å². The SMILES string of the molecule is Cc1oc2ccccc2c1CN[C@H](C)C1CCCCCC1. The molecular formula is C19H27NO. The van der Waals surface area contributed by atoms with Crippen molar-refractivity contribution in [1.82, 2.24) is 5.32 Å². The second-order valence-corrected chi connectivity index (χ2v) is 6.55. The molecule has 1 fully saturated rings. The lowest BCUT2D eigenvalue weighted by molar-refractivity contribution is 0.336. The van der Waals surface area contributed by atoms with E-state index >= 15 is 0 Å². The Kier molecular flexibility index (Phi) is 4.64. The van der Waals surface area contributed by atoms with E-state index in [-0.39, 0.29) is 0 Å². The first kappa shape index (κ1) is 14.6. The van der Waals surface area contributed by atoms with Gasteiger partial charge in [0.05, 0.1) is 0 Å². The van der Waals surface area contributed by atoms with E-state index in [9.17, 15) is 0 Å². The lowest BCUT2D eigenvalue weighted by Gasteiger charge is -2.23. The van der Waals surface area contributed by atoms with Gasteiger partial charge in [-0.1, -0.05) is 43.9 Å². The van der Waals surface area contributed by atoms with Gasteiger partial charge in [0.2, 0.25) is 0 Å². The minimum absolute atomic E-state index is 0.594. The van der Waals surface area contributed by atoms with Crippen molar-refractivity contribution in [3.63, 3.8) is 0 Å². The maximum Gasteiger partial charge on any atom is 0.134 e. The summed E-state index contributed by atoms with van der Waals surface area (Å²) in [6.45, 7) is 5.35. The molecule has 0 bridgehead atoms. The van der Waals surface area contributed by atoms with Crippen LogP contribution in [0.25, 0.3) is 11.0 Å². The third-order valence-electron chi connectivity index (χ3n) is 5.11. The fourth-order valence-corrected chi connectivity index (χ4v) is 3.68. The Hall–Kier alpha value is -1.28. The number of para-hydroxylation sites is 1. The van der Waals surface area contributed by atoms with E-state index in [1.54, 1.807) is 0 Å². The summed E-state index contributed by atoms with van der Waals surface area (Å²) in [5.74, 6) is 1.89. The fourth-order valence-electron chi connectivity index (χ4n) is 3.68. The van der Waals surface area contributed by atoms with Crippen molar-refractivity contribution < 1.29 is 4.42 Å². The van der Waals surface area contributed by atoms with Gasteiger partial charge in [-0.05, 0) is 38.7 Å². The van der Waals surface area contributed by atoms with Crippen molar-refractivity contribution in [3.05, 3.63) is 35.6 Å². The number of rotatable bonds is 4. The van der Waals surface area contributed by atoms with E-state index in [1.807, 2.05) is 6.07 Å². The summed E-state index contributed by atoms with van der Waals surface area (Å²) in [6, 6.07) is 8.95. The van der Waals surface area contributed by atoms with Gasteiger partial charge < -0.3 is 9.73 Å². The lowest BCUT2D eigenvalue weighted by atomic mass is 9.93. The largest absolute Gasteiger partial charge is 0.461 e. The molecule has 1 aliphatic carbocycles. The number of hydrogen-bond acceptors (Lipinski definition) is 2. The third-order valence-corrected chi connectivity index (χ3v) is 5.11. The van der Waals surface area contributed by atoms with Crippen molar-refractivity contribution >= 4 is 11.0 Å². The lowest BCUT2D eigenvalue weighted by Crippen LogP contribution is -2.33. The van der Waals surface area contributed by atoms with Gasteiger partial charge in [0.1, 0.15) is 11.3 Å². The average molecular weight is 285 g/mol. The monoisotopic (exact) mass is 285 g/mol. The molecule has 21 heavy (non-hydrogen) atoms. The molecule has 2 aromatic rings. The van der Waals surface area contributed by atoms with Crippen LogP contribution in [-0.2, 0) is 6.54 Å². The summed E-state index contributed by atoms with van der Waals surface area (Å²) in [6.07, 6.45) is 8.44. The normalized spacial score (nSPS) is 18.8. The Morgan fingerprint density at radius 2 is 1.86 bits per heavy atom. The van der Waals surface area contributed by atoms with Gasteiger partial charge in [0.15, 0.2) is 0 Å². The van der Waals surface area contributed by atoms with E-state index in [2.05, 4.69) is 37.4 Å². The summed E-state index contributed by atoms with van der Waals surface area (Å²) in [7, 11) is 0. The molecule has 0 amide bonds. The van der Waals surface area contributed by atoms with Crippen LogP contribution in [-0.4, -0.2) is 6.04 Å². The van der Waals surface area contributed by atoms with Crippen LogP contribution >= 0.6 is 0 Å². The molecule has 1 heterocycles. The third kappa shape index (κ3) is 3.32. The topological polar surface area (TPSA) is 25.2 Å². The van der Waals surface area contributed by atoms with Crippen LogP contribution in [0.2, 0.25) is 0 Å². The molecule has 114 valence electrons. The van der Waals surface area contributed by atoms with Crippen molar-refractivity contribution in [2.75, 3.05) is 0 Å². The van der Waals surface area contributed by atoms with Crippen LogP contribution in [0.3, 0.4) is 0 Å². The second-order valence-electron chi connectivity index (χ2n) is 6.55. The first-order valence-corrected chi connectivity index (χ1v) is 8.46. The van der Waals surface area contributed by atoms with Crippen LogP contribution in [0.5, 0.6) is 0 Å². The maximum absolute atomic E-state index is 5.86. The summed E-state index contributed by atoms with van der Waals surface area (Å²) < 4.78 is 5.86. The zero-order valence-corrected chi connectivity index (χ0v) is 13.3. The molecule has 1 saturated carbocycles. The Balaban J connectivity index is 1.67. The summed E-state index contributed by atoms with van der Waals surface area (Å²) >= 11 is 0. The minimum Gasteiger partial charge on any atom is -0.461 e. The quantitative estimate of drug-likeness (QED) is 0.782. The number of nitrogens with one attached hydrogen (secondary N) is 1. The summed E-state index contributed by atoms with van der Waals surface area (Å²) in [5, 5.41) is 5.02. The first-order chi connectivity index (χ1) is 10.3. The number of hydrogen-bond donors (Lipinski definition) is 1. The van der Waals surface area contributed by atoms with Crippen LogP contribution in [0, 0.1) is 12.8 Å².